The van der Waals surface area contributed by atoms with Crippen LogP contribution < -0.4 is 15.7 Å². The first-order valence-electron chi connectivity index (χ1n) is 6.03. The molecule has 1 aromatic heterocycles. The number of anilines is 1. The molecule has 0 bridgehead atoms. The number of para-hydroxylation sites is 1. The van der Waals surface area contributed by atoms with Gasteiger partial charge in [-0.3, -0.25) is 10.2 Å². The zero-order valence-corrected chi connectivity index (χ0v) is 11.1. The number of nitrogens with zero attached hydrogens (tertiary/aromatic N) is 2. The number of hydrogen-bond acceptors (Lipinski definition) is 5. The van der Waals surface area contributed by atoms with Crippen molar-refractivity contribution >= 4 is 23.0 Å². The quantitative estimate of drug-likeness (QED) is 0.829. The van der Waals surface area contributed by atoms with Gasteiger partial charge >= 0.3 is 0 Å². The predicted molar refractivity (Wildman–Crippen MR) is 76.6 cm³/mol. The standard InChI is InChI=1S/C13H11ClN4O2/c14-12-10(7-15-18-13(12)19)17-16-9-5-6-20-11-4-2-1-3-8(9)11/h1-4,7H,5-6H2,(H2,17,18,19)/b16-9-. The zero-order chi connectivity index (χ0) is 13.9. The highest BCUT2D eigenvalue weighted by Crippen LogP contribution is 2.25. The predicted octanol–water partition coefficient (Wildman–Crippen LogP) is 2.02. The van der Waals surface area contributed by atoms with Gasteiger partial charge in [-0.15, -0.1) is 0 Å². The number of nitrogens with one attached hydrogen (secondary N) is 2. The molecule has 102 valence electrons. The van der Waals surface area contributed by atoms with Crippen molar-refractivity contribution in [2.24, 2.45) is 5.10 Å². The molecule has 0 saturated carbocycles. The number of hydrazone groups is 1. The average Bonchev–Trinajstić information content (AvgIpc) is 2.49. The number of rotatable bonds is 2. The first kappa shape index (κ1) is 12.7. The van der Waals surface area contributed by atoms with Crippen molar-refractivity contribution in [3.8, 4) is 5.75 Å². The van der Waals surface area contributed by atoms with Crippen LogP contribution in [-0.4, -0.2) is 22.5 Å². The van der Waals surface area contributed by atoms with Gasteiger partial charge in [0.1, 0.15) is 16.5 Å². The number of ether oxygens (including phenoxy) is 1. The van der Waals surface area contributed by atoms with Crippen LogP contribution in [0.3, 0.4) is 0 Å². The van der Waals surface area contributed by atoms with Gasteiger partial charge in [0.05, 0.1) is 18.5 Å². The fourth-order valence-corrected chi connectivity index (χ4v) is 2.06. The van der Waals surface area contributed by atoms with Crippen molar-refractivity contribution < 1.29 is 4.74 Å². The van der Waals surface area contributed by atoms with Crippen molar-refractivity contribution in [2.75, 3.05) is 12.0 Å². The summed E-state index contributed by atoms with van der Waals surface area (Å²) in [5.41, 5.74) is 4.48. The number of halogens is 1. The monoisotopic (exact) mass is 290 g/mol. The third-order valence-electron chi connectivity index (χ3n) is 2.90. The SMILES string of the molecule is O=c1[nH]ncc(N/N=C2/CCOc3ccccc32)c1Cl. The number of H-pyrrole nitrogens is 1. The third-order valence-corrected chi connectivity index (χ3v) is 3.28. The van der Waals surface area contributed by atoms with Gasteiger partial charge in [0.25, 0.3) is 5.56 Å². The first-order chi connectivity index (χ1) is 9.75. The highest BCUT2D eigenvalue weighted by Gasteiger charge is 2.16. The molecule has 0 saturated heterocycles. The lowest BCUT2D eigenvalue weighted by atomic mass is 10.0. The van der Waals surface area contributed by atoms with Crippen molar-refractivity contribution in [2.45, 2.75) is 6.42 Å². The van der Waals surface area contributed by atoms with Crippen molar-refractivity contribution in [3.63, 3.8) is 0 Å². The lowest BCUT2D eigenvalue weighted by Gasteiger charge is -2.18. The Labute approximate surface area is 119 Å². The molecule has 20 heavy (non-hydrogen) atoms. The smallest absolute Gasteiger partial charge is 0.285 e. The van der Waals surface area contributed by atoms with Gasteiger partial charge < -0.3 is 4.74 Å². The van der Waals surface area contributed by atoms with Crippen molar-refractivity contribution in [3.05, 3.63) is 51.4 Å². The Balaban J connectivity index is 1.91. The van der Waals surface area contributed by atoms with Crippen LogP contribution in [0.5, 0.6) is 5.75 Å². The number of aromatic amines is 1. The molecular formula is C13H11ClN4O2. The Morgan fingerprint density at radius 2 is 2.25 bits per heavy atom. The summed E-state index contributed by atoms with van der Waals surface area (Å²) in [4.78, 5) is 11.3. The van der Waals surface area contributed by atoms with E-state index < -0.39 is 5.56 Å². The Kier molecular flexibility index (Phi) is 3.39. The van der Waals surface area contributed by atoms with E-state index >= 15 is 0 Å². The highest BCUT2D eigenvalue weighted by molar-refractivity contribution is 6.32. The van der Waals surface area contributed by atoms with Crippen molar-refractivity contribution in [1.82, 2.24) is 10.2 Å². The van der Waals surface area contributed by atoms with E-state index in [4.69, 9.17) is 16.3 Å². The topological polar surface area (TPSA) is 79.4 Å². The fourth-order valence-electron chi connectivity index (χ4n) is 1.93. The molecule has 1 aliphatic rings. The molecule has 0 aliphatic carbocycles. The van der Waals surface area contributed by atoms with E-state index in [-0.39, 0.29) is 5.02 Å². The molecule has 0 fully saturated rings. The molecule has 0 spiro atoms. The summed E-state index contributed by atoms with van der Waals surface area (Å²) in [6.45, 7) is 0.568. The molecule has 0 radical (unpaired) electrons. The normalized spacial score (nSPS) is 15.6. The summed E-state index contributed by atoms with van der Waals surface area (Å²) in [6, 6.07) is 7.66. The Morgan fingerprint density at radius 3 is 3.15 bits per heavy atom. The molecule has 0 atom stereocenters. The maximum Gasteiger partial charge on any atom is 0.285 e. The number of benzene rings is 1. The van der Waals surface area contributed by atoms with Crippen molar-refractivity contribution in [1.29, 1.82) is 0 Å². The van der Waals surface area contributed by atoms with Crippen LogP contribution in [0.1, 0.15) is 12.0 Å². The van der Waals surface area contributed by atoms with Gasteiger partial charge in [-0.1, -0.05) is 23.7 Å². The van der Waals surface area contributed by atoms with Gasteiger partial charge in [-0.25, -0.2) is 5.10 Å². The van der Waals surface area contributed by atoms with Crippen LogP contribution >= 0.6 is 11.6 Å². The molecule has 0 unspecified atom stereocenters. The third kappa shape index (κ3) is 2.37. The summed E-state index contributed by atoms with van der Waals surface area (Å²) in [6.07, 6.45) is 2.09. The van der Waals surface area contributed by atoms with Crippen LogP contribution in [0.15, 0.2) is 40.4 Å². The number of aromatic nitrogens is 2. The first-order valence-corrected chi connectivity index (χ1v) is 6.41. The lowest BCUT2D eigenvalue weighted by molar-refractivity contribution is 0.320. The number of fused-ring (bicyclic) bond motifs is 1. The molecule has 7 heteroatoms. The van der Waals surface area contributed by atoms with Crippen LogP contribution in [0.2, 0.25) is 5.02 Å². The van der Waals surface area contributed by atoms with Crippen LogP contribution in [0.4, 0.5) is 5.69 Å². The van der Waals surface area contributed by atoms with Crippen LogP contribution in [0, 0.1) is 0 Å². The lowest BCUT2D eigenvalue weighted by Crippen LogP contribution is -2.18. The van der Waals surface area contributed by atoms with E-state index in [2.05, 4.69) is 20.7 Å². The molecule has 1 aromatic carbocycles. The summed E-state index contributed by atoms with van der Waals surface area (Å²) >= 11 is 5.87. The minimum absolute atomic E-state index is 0.0321. The molecular weight excluding hydrogens is 280 g/mol. The van der Waals surface area contributed by atoms with E-state index in [1.54, 1.807) is 0 Å². The van der Waals surface area contributed by atoms with Gasteiger partial charge in [0.2, 0.25) is 0 Å². The molecule has 2 heterocycles. The minimum atomic E-state index is -0.454. The van der Waals surface area contributed by atoms with E-state index in [9.17, 15) is 4.79 Å². The molecule has 6 nitrogen and oxygen atoms in total. The Morgan fingerprint density at radius 1 is 1.40 bits per heavy atom. The largest absolute Gasteiger partial charge is 0.492 e. The van der Waals surface area contributed by atoms with E-state index in [1.165, 1.54) is 6.20 Å². The van der Waals surface area contributed by atoms with E-state index in [0.717, 1.165) is 17.0 Å². The molecule has 2 N–H and O–H groups in total. The van der Waals surface area contributed by atoms with Gasteiger partial charge in [-0.2, -0.15) is 10.2 Å². The number of hydrogen-bond donors (Lipinski definition) is 2. The van der Waals surface area contributed by atoms with Crippen LogP contribution in [0.25, 0.3) is 0 Å². The Bertz CT molecular complexity index is 726. The second kappa shape index (κ2) is 5.34. The molecule has 3 rings (SSSR count). The molecule has 2 aromatic rings. The summed E-state index contributed by atoms with van der Waals surface area (Å²) in [7, 11) is 0. The Hall–Kier alpha value is -2.34. The van der Waals surface area contributed by atoms with E-state index in [1.807, 2.05) is 24.3 Å². The van der Waals surface area contributed by atoms with Crippen LogP contribution in [-0.2, 0) is 0 Å². The molecule has 0 amide bonds. The summed E-state index contributed by atoms with van der Waals surface area (Å²) < 4.78 is 5.55. The second-order valence-electron chi connectivity index (χ2n) is 4.19. The summed E-state index contributed by atoms with van der Waals surface area (Å²) in [5, 5.41) is 10.3. The maximum absolute atomic E-state index is 11.3. The highest BCUT2D eigenvalue weighted by atomic mass is 35.5. The van der Waals surface area contributed by atoms with Gasteiger partial charge in [0.15, 0.2) is 0 Å². The van der Waals surface area contributed by atoms with Gasteiger partial charge in [0, 0.05) is 12.0 Å². The van der Waals surface area contributed by atoms with Gasteiger partial charge in [-0.05, 0) is 12.1 Å². The molecule has 1 aliphatic heterocycles. The zero-order valence-electron chi connectivity index (χ0n) is 10.4. The fraction of sp³-hybridized carbons (Fsp3) is 0.154. The maximum atomic E-state index is 11.3. The second-order valence-corrected chi connectivity index (χ2v) is 4.57. The minimum Gasteiger partial charge on any atom is -0.492 e. The average molecular weight is 291 g/mol. The van der Waals surface area contributed by atoms with E-state index in [0.29, 0.717) is 18.7 Å². The summed E-state index contributed by atoms with van der Waals surface area (Å²) in [5.74, 6) is 0.800.